The molecule has 0 radical (unpaired) electrons. The monoisotopic (exact) mass is 232 g/mol. The number of rotatable bonds is 4. The van der Waals surface area contributed by atoms with Gasteiger partial charge in [0.15, 0.2) is 0 Å². The molecule has 0 spiro atoms. The molecule has 1 heterocycles. The van der Waals surface area contributed by atoms with Gasteiger partial charge in [-0.15, -0.1) is 0 Å². The van der Waals surface area contributed by atoms with Crippen molar-refractivity contribution in [1.82, 2.24) is 9.97 Å². The van der Waals surface area contributed by atoms with Crippen molar-refractivity contribution in [3.8, 4) is 0 Å². The summed E-state index contributed by atoms with van der Waals surface area (Å²) in [5, 5.41) is 3.05. The Morgan fingerprint density at radius 1 is 1.18 bits per heavy atom. The van der Waals surface area contributed by atoms with Gasteiger partial charge < -0.3 is 11.1 Å². The Morgan fingerprint density at radius 2 is 1.94 bits per heavy atom. The molecule has 0 fully saturated rings. The standard InChI is InChI=1S/C12H13FN4/c13-10-3-1-9(2-4-10)8-16-12-15-6-5-11(7-14)17-12/h1-6H,7-8,14H2,(H,15,16,17). The van der Waals surface area contributed by atoms with E-state index in [9.17, 15) is 4.39 Å². The third-order valence-electron chi connectivity index (χ3n) is 2.29. The van der Waals surface area contributed by atoms with Gasteiger partial charge in [0.1, 0.15) is 5.82 Å². The summed E-state index contributed by atoms with van der Waals surface area (Å²) in [4.78, 5) is 8.27. The maximum Gasteiger partial charge on any atom is 0.223 e. The van der Waals surface area contributed by atoms with Crippen LogP contribution >= 0.6 is 0 Å². The van der Waals surface area contributed by atoms with E-state index in [0.717, 1.165) is 11.3 Å². The van der Waals surface area contributed by atoms with Crippen LogP contribution in [-0.2, 0) is 13.1 Å². The van der Waals surface area contributed by atoms with E-state index >= 15 is 0 Å². The predicted octanol–water partition coefficient (Wildman–Crippen LogP) is 1.69. The zero-order chi connectivity index (χ0) is 12.1. The summed E-state index contributed by atoms with van der Waals surface area (Å²) in [5.41, 5.74) is 7.23. The van der Waals surface area contributed by atoms with Crippen molar-refractivity contribution >= 4 is 5.95 Å². The van der Waals surface area contributed by atoms with Gasteiger partial charge in [-0.25, -0.2) is 14.4 Å². The number of hydrogen-bond donors (Lipinski definition) is 2. The minimum atomic E-state index is -0.241. The topological polar surface area (TPSA) is 63.8 Å². The summed E-state index contributed by atoms with van der Waals surface area (Å²) < 4.78 is 12.7. The summed E-state index contributed by atoms with van der Waals surface area (Å²) in [6.07, 6.45) is 1.65. The van der Waals surface area contributed by atoms with Gasteiger partial charge >= 0.3 is 0 Å². The summed E-state index contributed by atoms with van der Waals surface area (Å²) in [6, 6.07) is 8.05. The SMILES string of the molecule is NCc1ccnc(NCc2ccc(F)cc2)n1. The van der Waals surface area contributed by atoms with Gasteiger partial charge in [-0.1, -0.05) is 12.1 Å². The van der Waals surface area contributed by atoms with Crippen LogP contribution in [-0.4, -0.2) is 9.97 Å². The summed E-state index contributed by atoms with van der Waals surface area (Å²) in [7, 11) is 0. The van der Waals surface area contributed by atoms with Gasteiger partial charge in [0.2, 0.25) is 5.95 Å². The lowest BCUT2D eigenvalue weighted by molar-refractivity contribution is 0.627. The highest BCUT2D eigenvalue weighted by Crippen LogP contribution is 2.06. The van der Waals surface area contributed by atoms with Crippen LogP contribution in [0.15, 0.2) is 36.5 Å². The zero-order valence-electron chi connectivity index (χ0n) is 9.23. The van der Waals surface area contributed by atoms with Crippen molar-refractivity contribution in [3.05, 3.63) is 53.6 Å². The van der Waals surface area contributed by atoms with E-state index in [4.69, 9.17) is 5.73 Å². The molecule has 0 unspecified atom stereocenters. The Morgan fingerprint density at radius 3 is 2.65 bits per heavy atom. The van der Waals surface area contributed by atoms with Crippen LogP contribution in [0.1, 0.15) is 11.3 Å². The average molecular weight is 232 g/mol. The lowest BCUT2D eigenvalue weighted by Gasteiger charge is -2.05. The third kappa shape index (κ3) is 3.22. The van der Waals surface area contributed by atoms with Crippen LogP contribution in [0.2, 0.25) is 0 Å². The van der Waals surface area contributed by atoms with Gasteiger partial charge in [0.05, 0.1) is 5.69 Å². The van der Waals surface area contributed by atoms with Crippen molar-refractivity contribution in [2.45, 2.75) is 13.1 Å². The lowest BCUT2D eigenvalue weighted by atomic mass is 10.2. The molecule has 88 valence electrons. The van der Waals surface area contributed by atoms with Gasteiger partial charge in [-0.05, 0) is 23.8 Å². The second-order valence-corrected chi connectivity index (χ2v) is 3.56. The fourth-order valence-electron chi connectivity index (χ4n) is 1.38. The molecule has 2 rings (SSSR count). The summed E-state index contributed by atoms with van der Waals surface area (Å²) >= 11 is 0. The summed E-state index contributed by atoms with van der Waals surface area (Å²) in [6.45, 7) is 0.933. The number of anilines is 1. The minimum Gasteiger partial charge on any atom is -0.350 e. The molecular formula is C12H13FN4. The largest absolute Gasteiger partial charge is 0.350 e. The van der Waals surface area contributed by atoms with E-state index in [1.165, 1.54) is 12.1 Å². The first kappa shape index (κ1) is 11.5. The molecular weight excluding hydrogens is 219 g/mol. The van der Waals surface area contributed by atoms with Crippen LogP contribution in [0.4, 0.5) is 10.3 Å². The number of hydrogen-bond acceptors (Lipinski definition) is 4. The number of benzene rings is 1. The molecule has 3 N–H and O–H groups in total. The minimum absolute atomic E-state index is 0.241. The Kier molecular flexibility index (Phi) is 3.62. The Bertz CT molecular complexity index is 484. The average Bonchev–Trinajstić information content (AvgIpc) is 2.38. The Hall–Kier alpha value is -2.01. The molecule has 17 heavy (non-hydrogen) atoms. The Labute approximate surface area is 98.7 Å². The van der Waals surface area contributed by atoms with Gasteiger partial charge in [0, 0.05) is 19.3 Å². The van der Waals surface area contributed by atoms with Crippen LogP contribution in [0.5, 0.6) is 0 Å². The van der Waals surface area contributed by atoms with Gasteiger partial charge in [-0.2, -0.15) is 0 Å². The van der Waals surface area contributed by atoms with E-state index < -0.39 is 0 Å². The molecule has 0 amide bonds. The highest BCUT2D eigenvalue weighted by molar-refractivity contribution is 5.28. The van der Waals surface area contributed by atoms with Crippen molar-refractivity contribution in [2.75, 3.05) is 5.32 Å². The smallest absolute Gasteiger partial charge is 0.223 e. The number of nitrogens with one attached hydrogen (secondary N) is 1. The number of nitrogens with zero attached hydrogens (tertiary/aromatic N) is 2. The first-order chi connectivity index (χ1) is 8.28. The maximum atomic E-state index is 12.7. The number of nitrogens with two attached hydrogens (primary N) is 1. The first-order valence-corrected chi connectivity index (χ1v) is 5.28. The molecule has 2 aromatic rings. The second-order valence-electron chi connectivity index (χ2n) is 3.56. The van der Waals surface area contributed by atoms with Crippen LogP contribution in [0.3, 0.4) is 0 Å². The maximum absolute atomic E-state index is 12.7. The quantitative estimate of drug-likeness (QED) is 0.842. The van der Waals surface area contributed by atoms with E-state index in [2.05, 4.69) is 15.3 Å². The molecule has 1 aromatic heterocycles. The van der Waals surface area contributed by atoms with Gasteiger partial charge in [-0.3, -0.25) is 0 Å². The normalized spacial score (nSPS) is 10.2. The highest BCUT2D eigenvalue weighted by Gasteiger charge is 1.98. The molecule has 0 aliphatic rings. The molecule has 1 aromatic carbocycles. The molecule has 0 atom stereocenters. The van der Waals surface area contributed by atoms with E-state index in [-0.39, 0.29) is 5.82 Å². The zero-order valence-corrected chi connectivity index (χ0v) is 9.23. The van der Waals surface area contributed by atoms with Crippen molar-refractivity contribution < 1.29 is 4.39 Å². The second kappa shape index (κ2) is 5.36. The van der Waals surface area contributed by atoms with Crippen LogP contribution in [0, 0.1) is 5.82 Å². The molecule has 0 saturated carbocycles. The molecule has 0 aliphatic heterocycles. The van der Waals surface area contributed by atoms with Crippen molar-refractivity contribution in [2.24, 2.45) is 5.73 Å². The molecule has 0 aliphatic carbocycles. The number of aromatic nitrogens is 2. The van der Waals surface area contributed by atoms with Crippen molar-refractivity contribution in [3.63, 3.8) is 0 Å². The first-order valence-electron chi connectivity index (χ1n) is 5.28. The van der Waals surface area contributed by atoms with E-state index in [1.807, 2.05) is 0 Å². The molecule has 0 saturated heterocycles. The predicted molar refractivity (Wildman–Crippen MR) is 63.7 cm³/mol. The van der Waals surface area contributed by atoms with Gasteiger partial charge in [0.25, 0.3) is 0 Å². The molecule has 5 heteroatoms. The Balaban J connectivity index is 1.99. The highest BCUT2D eigenvalue weighted by atomic mass is 19.1. The van der Waals surface area contributed by atoms with Crippen LogP contribution < -0.4 is 11.1 Å². The summed E-state index contributed by atoms with van der Waals surface area (Å²) in [5.74, 6) is 0.285. The molecule has 4 nitrogen and oxygen atoms in total. The lowest BCUT2D eigenvalue weighted by Crippen LogP contribution is -2.07. The third-order valence-corrected chi connectivity index (χ3v) is 2.29. The molecule has 0 bridgehead atoms. The van der Waals surface area contributed by atoms with E-state index in [1.54, 1.807) is 24.4 Å². The number of halogens is 1. The van der Waals surface area contributed by atoms with Crippen LogP contribution in [0.25, 0.3) is 0 Å². The van der Waals surface area contributed by atoms with Crippen molar-refractivity contribution in [1.29, 1.82) is 0 Å². The fraction of sp³-hybridized carbons (Fsp3) is 0.167. The van der Waals surface area contributed by atoms with E-state index in [0.29, 0.717) is 19.0 Å². The fourth-order valence-corrected chi connectivity index (χ4v) is 1.38.